The molecule has 3 aromatic carbocycles. The average molecular weight is 456 g/mol. The van der Waals surface area contributed by atoms with Crippen LogP contribution in [-0.2, 0) is 17.8 Å². The summed E-state index contributed by atoms with van der Waals surface area (Å²) in [7, 11) is 0. The Hall–Kier alpha value is -2.47. The topological polar surface area (TPSA) is 58.6 Å². The Morgan fingerprint density at radius 2 is 1.84 bits per heavy atom. The lowest BCUT2D eigenvalue weighted by Crippen LogP contribution is -2.36. The molecule has 3 aromatic rings. The van der Waals surface area contributed by atoms with Crippen molar-refractivity contribution in [1.29, 1.82) is 0 Å². The molecule has 0 aliphatic carbocycles. The van der Waals surface area contributed by atoms with E-state index in [-0.39, 0.29) is 18.6 Å². The maximum atomic E-state index is 11.2. The molecular weight excluding hydrogens is 430 g/mol. The van der Waals surface area contributed by atoms with Crippen LogP contribution in [0.15, 0.2) is 82.6 Å². The summed E-state index contributed by atoms with van der Waals surface area (Å²) in [6, 6.07) is 23.8. The predicted molar refractivity (Wildman–Crippen MR) is 126 cm³/mol. The van der Waals surface area contributed by atoms with Gasteiger partial charge in [0.25, 0.3) is 0 Å². The largest absolute Gasteiger partial charge is 0.489 e. The van der Waals surface area contributed by atoms with Gasteiger partial charge < -0.3 is 15.2 Å². The Labute approximate surface area is 192 Å². The van der Waals surface area contributed by atoms with Crippen LogP contribution < -0.4 is 10.1 Å². The van der Waals surface area contributed by atoms with Gasteiger partial charge in [0.15, 0.2) is 0 Å². The highest BCUT2D eigenvalue weighted by Gasteiger charge is 2.11. The van der Waals surface area contributed by atoms with Gasteiger partial charge in [0.1, 0.15) is 12.4 Å². The van der Waals surface area contributed by atoms with Gasteiger partial charge in [-0.25, -0.2) is 0 Å². The van der Waals surface area contributed by atoms with E-state index in [2.05, 4.69) is 5.32 Å². The van der Waals surface area contributed by atoms with Crippen LogP contribution in [-0.4, -0.2) is 23.7 Å². The van der Waals surface area contributed by atoms with E-state index in [0.29, 0.717) is 24.5 Å². The fourth-order valence-corrected chi connectivity index (χ4v) is 4.37. The van der Waals surface area contributed by atoms with E-state index in [9.17, 15) is 9.90 Å². The Morgan fingerprint density at radius 1 is 1.06 bits per heavy atom. The molecule has 162 valence electrons. The van der Waals surface area contributed by atoms with Crippen LogP contribution in [0.4, 0.5) is 0 Å². The third-order valence-corrected chi connectivity index (χ3v) is 6.04. The molecule has 0 spiro atoms. The van der Waals surface area contributed by atoms with E-state index in [4.69, 9.17) is 16.3 Å². The first-order valence-electron chi connectivity index (χ1n) is 10.1. The SMILES string of the molecule is CC(=O)NC(CO)CCc1ccc(Sc2cccc(OCc3ccccc3)c2)cc1Cl. The van der Waals surface area contributed by atoms with E-state index in [1.807, 2.05) is 72.8 Å². The van der Waals surface area contributed by atoms with E-state index >= 15 is 0 Å². The zero-order chi connectivity index (χ0) is 22.1. The molecule has 2 N–H and O–H groups in total. The molecule has 0 bridgehead atoms. The van der Waals surface area contributed by atoms with Crippen LogP contribution in [0.5, 0.6) is 5.75 Å². The number of benzene rings is 3. The summed E-state index contributed by atoms with van der Waals surface area (Å²) >= 11 is 8.11. The van der Waals surface area contributed by atoms with Crippen molar-refractivity contribution in [3.63, 3.8) is 0 Å². The van der Waals surface area contributed by atoms with Crippen molar-refractivity contribution in [3.8, 4) is 5.75 Å². The van der Waals surface area contributed by atoms with Gasteiger partial charge in [-0.1, -0.05) is 65.8 Å². The van der Waals surface area contributed by atoms with Gasteiger partial charge in [0, 0.05) is 21.7 Å². The second-order valence-electron chi connectivity index (χ2n) is 7.22. The summed E-state index contributed by atoms with van der Waals surface area (Å²) in [4.78, 5) is 13.3. The number of carbonyl (C=O) groups is 1. The molecule has 0 radical (unpaired) electrons. The number of carbonyl (C=O) groups excluding carboxylic acids is 1. The molecule has 0 aromatic heterocycles. The first-order chi connectivity index (χ1) is 15.0. The Kier molecular flexibility index (Phi) is 8.83. The van der Waals surface area contributed by atoms with Crippen molar-refractivity contribution < 1.29 is 14.6 Å². The smallest absolute Gasteiger partial charge is 0.217 e. The molecule has 0 saturated carbocycles. The van der Waals surface area contributed by atoms with Crippen molar-refractivity contribution in [2.45, 2.75) is 42.2 Å². The van der Waals surface area contributed by atoms with Crippen LogP contribution in [0, 0.1) is 0 Å². The average Bonchev–Trinajstić information content (AvgIpc) is 2.77. The maximum absolute atomic E-state index is 11.2. The van der Waals surface area contributed by atoms with Crippen LogP contribution in [0.2, 0.25) is 5.02 Å². The number of aliphatic hydroxyl groups excluding tert-OH is 1. The van der Waals surface area contributed by atoms with Crippen molar-refractivity contribution in [1.82, 2.24) is 5.32 Å². The Balaban J connectivity index is 1.58. The summed E-state index contributed by atoms with van der Waals surface area (Å²) in [5.74, 6) is 0.677. The minimum atomic E-state index is -0.263. The standard InChI is InChI=1S/C25H26ClNO3S/c1-18(29)27-21(16-28)12-10-20-11-13-24(15-25(20)26)31-23-9-5-8-22(14-23)30-17-19-6-3-2-4-7-19/h2-9,11,13-15,21,28H,10,12,16-17H2,1H3,(H,27,29). The van der Waals surface area contributed by atoms with E-state index in [1.165, 1.54) is 6.92 Å². The lowest BCUT2D eigenvalue weighted by Gasteiger charge is -2.15. The Morgan fingerprint density at radius 3 is 2.55 bits per heavy atom. The number of ether oxygens (including phenoxy) is 1. The van der Waals surface area contributed by atoms with E-state index in [1.54, 1.807) is 11.8 Å². The van der Waals surface area contributed by atoms with Crippen molar-refractivity contribution in [3.05, 3.63) is 88.9 Å². The van der Waals surface area contributed by atoms with Gasteiger partial charge in [0.2, 0.25) is 5.91 Å². The second kappa shape index (κ2) is 11.8. The fraction of sp³-hybridized carbons (Fsp3) is 0.240. The number of hydrogen-bond donors (Lipinski definition) is 2. The monoisotopic (exact) mass is 455 g/mol. The zero-order valence-electron chi connectivity index (χ0n) is 17.4. The van der Waals surface area contributed by atoms with Gasteiger partial charge in [-0.3, -0.25) is 4.79 Å². The lowest BCUT2D eigenvalue weighted by atomic mass is 10.1. The molecule has 0 aliphatic heterocycles. The van der Waals surface area contributed by atoms with Gasteiger partial charge in [-0.2, -0.15) is 0 Å². The van der Waals surface area contributed by atoms with Crippen LogP contribution in [0.1, 0.15) is 24.5 Å². The molecule has 0 heterocycles. The molecule has 3 rings (SSSR count). The fourth-order valence-electron chi connectivity index (χ4n) is 3.13. The molecule has 31 heavy (non-hydrogen) atoms. The highest BCUT2D eigenvalue weighted by atomic mass is 35.5. The molecule has 0 aliphatic rings. The molecule has 1 unspecified atom stereocenters. The second-order valence-corrected chi connectivity index (χ2v) is 8.78. The lowest BCUT2D eigenvalue weighted by molar-refractivity contribution is -0.120. The zero-order valence-corrected chi connectivity index (χ0v) is 19.0. The summed E-state index contributed by atoms with van der Waals surface area (Å²) in [6.07, 6.45) is 1.31. The number of amides is 1. The highest BCUT2D eigenvalue weighted by Crippen LogP contribution is 2.33. The molecule has 6 heteroatoms. The number of nitrogens with one attached hydrogen (secondary N) is 1. The predicted octanol–water partition coefficient (Wildman–Crippen LogP) is 5.50. The summed E-state index contributed by atoms with van der Waals surface area (Å²) in [5, 5.41) is 12.8. The van der Waals surface area contributed by atoms with Gasteiger partial charge in [-0.15, -0.1) is 0 Å². The van der Waals surface area contributed by atoms with Gasteiger partial charge in [-0.05, 0) is 54.3 Å². The van der Waals surface area contributed by atoms with Crippen molar-refractivity contribution >= 4 is 29.3 Å². The van der Waals surface area contributed by atoms with E-state index < -0.39 is 0 Å². The maximum Gasteiger partial charge on any atom is 0.217 e. The quantitative estimate of drug-likeness (QED) is 0.423. The number of aliphatic hydroxyl groups is 1. The third-order valence-electron chi connectivity index (χ3n) is 4.70. The highest BCUT2D eigenvalue weighted by molar-refractivity contribution is 7.99. The molecule has 0 fully saturated rings. The van der Waals surface area contributed by atoms with Gasteiger partial charge >= 0.3 is 0 Å². The molecule has 4 nitrogen and oxygen atoms in total. The summed E-state index contributed by atoms with van der Waals surface area (Å²) in [6.45, 7) is 1.89. The number of rotatable bonds is 10. The summed E-state index contributed by atoms with van der Waals surface area (Å²) < 4.78 is 5.92. The number of halogens is 1. The third kappa shape index (κ3) is 7.62. The molecule has 0 saturated heterocycles. The van der Waals surface area contributed by atoms with E-state index in [0.717, 1.165) is 26.7 Å². The molecule has 1 amide bonds. The minimum Gasteiger partial charge on any atom is -0.489 e. The van der Waals surface area contributed by atoms with Crippen molar-refractivity contribution in [2.24, 2.45) is 0 Å². The van der Waals surface area contributed by atoms with Gasteiger partial charge in [0.05, 0.1) is 12.6 Å². The first kappa shape index (κ1) is 23.2. The van der Waals surface area contributed by atoms with Crippen molar-refractivity contribution in [2.75, 3.05) is 6.61 Å². The van der Waals surface area contributed by atoms with Crippen LogP contribution in [0.25, 0.3) is 0 Å². The van der Waals surface area contributed by atoms with Crippen LogP contribution >= 0.6 is 23.4 Å². The number of aryl methyl sites for hydroxylation is 1. The first-order valence-corrected chi connectivity index (χ1v) is 11.3. The summed E-state index contributed by atoms with van der Waals surface area (Å²) in [5.41, 5.74) is 2.12. The number of hydrogen-bond acceptors (Lipinski definition) is 4. The normalized spacial score (nSPS) is 11.7. The minimum absolute atomic E-state index is 0.0895. The van der Waals surface area contributed by atoms with Crippen LogP contribution in [0.3, 0.4) is 0 Å². The molecular formula is C25H26ClNO3S. The Bertz CT molecular complexity index is 997. The molecule has 1 atom stereocenters.